The Bertz CT molecular complexity index is 419. The molecule has 1 fully saturated rings. The Morgan fingerprint density at radius 1 is 1.32 bits per heavy atom. The molecule has 1 atom stereocenters. The lowest BCUT2D eigenvalue weighted by atomic mass is 10.0. The van der Waals surface area contributed by atoms with E-state index in [1.807, 2.05) is 29.2 Å². The highest BCUT2D eigenvalue weighted by Gasteiger charge is 2.25. The van der Waals surface area contributed by atoms with Crippen LogP contribution in [-0.4, -0.2) is 30.3 Å². The molecule has 2 rings (SSSR count). The van der Waals surface area contributed by atoms with Crippen LogP contribution in [0, 0.1) is 0 Å². The summed E-state index contributed by atoms with van der Waals surface area (Å²) in [6.07, 6.45) is 4.41. The topological polar surface area (TPSA) is 29.5 Å². The van der Waals surface area contributed by atoms with Crippen molar-refractivity contribution in [3.05, 3.63) is 29.8 Å². The van der Waals surface area contributed by atoms with E-state index < -0.39 is 0 Å². The maximum absolute atomic E-state index is 12.0. The Labute approximate surface area is 119 Å². The molecule has 1 heterocycles. The van der Waals surface area contributed by atoms with E-state index in [9.17, 15) is 4.79 Å². The van der Waals surface area contributed by atoms with Gasteiger partial charge in [-0.2, -0.15) is 0 Å². The second-order valence-electron chi connectivity index (χ2n) is 4.86. The summed E-state index contributed by atoms with van der Waals surface area (Å²) < 4.78 is 5.18. The number of methoxy groups -OCH3 is 1. The van der Waals surface area contributed by atoms with Crippen molar-refractivity contribution in [3.8, 4) is 5.75 Å². The lowest BCUT2D eigenvalue weighted by molar-refractivity contribution is -0.130. The van der Waals surface area contributed by atoms with Gasteiger partial charge in [-0.05, 0) is 30.5 Å². The Morgan fingerprint density at radius 2 is 2.05 bits per heavy atom. The molecule has 0 N–H and O–H groups in total. The minimum Gasteiger partial charge on any atom is -0.497 e. The summed E-state index contributed by atoms with van der Waals surface area (Å²) in [4.78, 5) is 13.9. The van der Waals surface area contributed by atoms with E-state index in [-0.39, 0.29) is 17.8 Å². The van der Waals surface area contributed by atoms with Crippen molar-refractivity contribution in [2.24, 2.45) is 0 Å². The first kappa shape index (κ1) is 14.2. The lowest BCUT2D eigenvalue weighted by Crippen LogP contribution is -2.35. The summed E-state index contributed by atoms with van der Waals surface area (Å²) in [6.45, 7) is 0.808. The predicted octanol–water partition coefficient (Wildman–Crippen LogP) is 3.38. The highest BCUT2D eigenvalue weighted by atomic mass is 35.5. The third-order valence-corrected chi connectivity index (χ3v) is 3.92. The zero-order valence-corrected chi connectivity index (χ0v) is 12.0. The Balaban J connectivity index is 2.23. The lowest BCUT2D eigenvalue weighted by Gasteiger charge is -2.30. The number of rotatable bonds is 3. The first-order valence-corrected chi connectivity index (χ1v) is 7.29. The van der Waals surface area contributed by atoms with Crippen LogP contribution >= 0.6 is 11.6 Å². The Hall–Kier alpha value is -1.22. The average molecular weight is 282 g/mol. The maximum atomic E-state index is 12.0. The highest BCUT2D eigenvalue weighted by Crippen LogP contribution is 2.31. The number of carbonyl (C=O) groups excluding carboxylic acids is 1. The second-order valence-corrected chi connectivity index (χ2v) is 5.13. The summed E-state index contributed by atoms with van der Waals surface area (Å²) in [5.74, 6) is 0.934. The molecule has 0 saturated carbocycles. The van der Waals surface area contributed by atoms with E-state index >= 15 is 0 Å². The van der Waals surface area contributed by atoms with E-state index in [4.69, 9.17) is 16.3 Å². The number of ether oxygens (including phenoxy) is 1. The number of amides is 1. The Morgan fingerprint density at radius 3 is 2.68 bits per heavy atom. The van der Waals surface area contributed by atoms with Gasteiger partial charge in [-0.15, -0.1) is 11.6 Å². The predicted molar refractivity (Wildman–Crippen MR) is 76.6 cm³/mol. The molecule has 104 valence electrons. The van der Waals surface area contributed by atoms with Crippen molar-refractivity contribution in [2.45, 2.75) is 31.7 Å². The van der Waals surface area contributed by atoms with Crippen LogP contribution in [0.3, 0.4) is 0 Å². The van der Waals surface area contributed by atoms with E-state index in [1.165, 1.54) is 12.0 Å². The van der Waals surface area contributed by atoms with Gasteiger partial charge in [0.15, 0.2) is 0 Å². The molecule has 0 unspecified atom stereocenters. The third kappa shape index (κ3) is 3.41. The van der Waals surface area contributed by atoms with Crippen molar-refractivity contribution >= 4 is 17.5 Å². The molecule has 19 heavy (non-hydrogen) atoms. The van der Waals surface area contributed by atoms with Crippen molar-refractivity contribution in [1.29, 1.82) is 0 Å². The molecular weight excluding hydrogens is 262 g/mol. The molecule has 0 aliphatic carbocycles. The molecule has 1 saturated heterocycles. The van der Waals surface area contributed by atoms with Crippen LogP contribution < -0.4 is 4.74 Å². The molecule has 1 amide bonds. The van der Waals surface area contributed by atoms with Gasteiger partial charge in [0.2, 0.25) is 5.91 Å². The molecular formula is C15H20ClNO2. The third-order valence-electron chi connectivity index (χ3n) is 3.69. The summed E-state index contributed by atoms with van der Waals surface area (Å²) in [5, 5.41) is 0. The smallest absolute Gasteiger partial charge is 0.238 e. The molecule has 1 aromatic carbocycles. The van der Waals surface area contributed by atoms with Crippen molar-refractivity contribution < 1.29 is 9.53 Å². The van der Waals surface area contributed by atoms with E-state index in [1.54, 1.807) is 7.11 Å². The second kappa shape index (κ2) is 6.80. The zero-order valence-electron chi connectivity index (χ0n) is 11.3. The number of hydrogen-bond donors (Lipinski definition) is 0. The van der Waals surface area contributed by atoms with Gasteiger partial charge in [-0.1, -0.05) is 25.0 Å². The number of halogens is 1. The highest BCUT2D eigenvalue weighted by molar-refractivity contribution is 6.27. The molecule has 0 radical (unpaired) electrons. The molecule has 4 heteroatoms. The quantitative estimate of drug-likeness (QED) is 0.795. The van der Waals surface area contributed by atoms with Gasteiger partial charge in [0.25, 0.3) is 0 Å². The summed E-state index contributed by atoms with van der Waals surface area (Å²) in [7, 11) is 1.66. The number of benzene rings is 1. The van der Waals surface area contributed by atoms with Gasteiger partial charge in [-0.3, -0.25) is 4.79 Å². The minimum absolute atomic E-state index is 0.0318. The van der Waals surface area contributed by atoms with Gasteiger partial charge in [0, 0.05) is 6.54 Å². The minimum atomic E-state index is 0.0318. The number of likely N-dealkylation sites (tertiary alicyclic amines) is 1. The van der Waals surface area contributed by atoms with E-state index in [0.717, 1.165) is 31.6 Å². The first-order valence-electron chi connectivity index (χ1n) is 6.75. The fourth-order valence-electron chi connectivity index (χ4n) is 2.66. The van der Waals surface area contributed by atoms with Crippen LogP contribution in [0.4, 0.5) is 0 Å². The standard InChI is InChI=1S/C15H20ClNO2/c1-19-13-8-6-12(7-9-13)14-5-3-2-4-10-17(14)15(18)11-16/h6-9,14H,2-5,10-11H2,1H3/t14-/m1/s1. The SMILES string of the molecule is COc1ccc([C@H]2CCCCCN2C(=O)CCl)cc1. The fraction of sp³-hybridized carbons (Fsp3) is 0.533. The van der Waals surface area contributed by atoms with Gasteiger partial charge in [-0.25, -0.2) is 0 Å². The molecule has 1 aliphatic rings. The number of carbonyl (C=O) groups is 1. The Kier molecular flexibility index (Phi) is 5.08. The van der Waals surface area contributed by atoms with Gasteiger partial charge >= 0.3 is 0 Å². The summed E-state index contributed by atoms with van der Waals surface area (Å²) in [6, 6.07) is 8.14. The van der Waals surface area contributed by atoms with Crippen molar-refractivity contribution in [2.75, 3.05) is 19.5 Å². The maximum Gasteiger partial charge on any atom is 0.238 e. The van der Waals surface area contributed by atoms with Crippen LogP contribution in [0.1, 0.15) is 37.3 Å². The summed E-state index contributed by atoms with van der Waals surface area (Å²) >= 11 is 5.73. The first-order chi connectivity index (χ1) is 9.26. The van der Waals surface area contributed by atoms with Crippen molar-refractivity contribution in [3.63, 3.8) is 0 Å². The molecule has 0 bridgehead atoms. The number of nitrogens with zero attached hydrogens (tertiary/aromatic N) is 1. The van der Waals surface area contributed by atoms with E-state index in [0.29, 0.717) is 0 Å². The van der Waals surface area contributed by atoms with Crippen LogP contribution in [0.25, 0.3) is 0 Å². The largest absolute Gasteiger partial charge is 0.497 e. The monoisotopic (exact) mass is 281 g/mol. The van der Waals surface area contributed by atoms with Crippen LogP contribution in [-0.2, 0) is 4.79 Å². The number of alkyl halides is 1. The molecule has 1 aliphatic heterocycles. The van der Waals surface area contributed by atoms with Crippen molar-refractivity contribution in [1.82, 2.24) is 4.90 Å². The van der Waals surface area contributed by atoms with Gasteiger partial charge < -0.3 is 9.64 Å². The van der Waals surface area contributed by atoms with Crippen LogP contribution in [0.15, 0.2) is 24.3 Å². The van der Waals surface area contributed by atoms with Crippen LogP contribution in [0.5, 0.6) is 5.75 Å². The molecule has 0 spiro atoms. The molecule has 0 aromatic heterocycles. The molecule has 1 aromatic rings. The van der Waals surface area contributed by atoms with E-state index in [2.05, 4.69) is 0 Å². The normalized spacial score (nSPS) is 19.9. The van der Waals surface area contributed by atoms with Crippen LogP contribution in [0.2, 0.25) is 0 Å². The van der Waals surface area contributed by atoms with Gasteiger partial charge in [0.05, 0.1) is 13.2 Å². The summed E-state index contributed by atoms with van der Waals surface area (Å²) in [5.41, 5.74) is 1.17. The zero-order chi connectivity index (χ0) is 13.7. The number of hydrogen-bond acceptors (Lipinski definition) is 2. The molecule has 3 nitrogen and oxygen atoms in total. The van der Waals surface area contributed by atoms with Gasteiger partial charge in [0.1, 0.15) is 11.6 Å². The average Bonchev–Trinajstić information content (AvgIpc) is 2.72. The fourth-order valence-corrected chi connectivity index (χ4v) is 2.81.